The maximum Gasteiger partial charge on any atom is 0.166 e. The molecule has 0 radical (unpaired) electrons. The molecule has 13 rings (SSSR count). The lowest BCUT2D eigenvalue weighted by molar-refractivity contribution is 1.07. The van der Waals surface area contributed by atoms with Crippen molar-refractivity contribution in [1.82, 2.24) is 19.5 Å². The van der Waals surface area contributed by atoms with Crippen LogP contribution in [-0.2, 0) is 0 Å². The van der Waals surface area contributed by atoms with Crippen LogP contribution in [0.2, 0.25) is 0 Å². The van der Waals surface area contributed by atoms with Crippen LogP contribution in [0.15, 0.2) is 218 Å². The molecule has 0 aliphatic rings. The monoisotopic (exact) mass is 832 g/mol. The number of nitrogens with zero attached hydrogens (tertiary/aromatic N) is 4. The Morgan fingerprint density at radius 3 is 1.64 bits per heavy atom. The maximum absolute atomic E-state index is 5.49. The Morgan fingerprint density at radius 1 is 0.297 bits per heavy atom. The van der Waals surface area contributed by atoms with Crippen LogP contribution in [0.4, 0.5) is 0 Å². The highest BCUT2D eigenvalue weighted by Gasteiger charge is 2.22. The Morgan fingerprint density at radius 2 is 0.844 bits per heavy atom. The average Bonchev–Trinajstić information content (AvgIpc) is 3.91. The Kier molecular flexibility index (Phi) is 8.36. The maximum atomic E-state index is 5.49. The van der Waals surface area contributed by atoms with Crippen molar-refractivity contribution in [3.05, 3.63) is 218 Å². The summed E-state index contributed by atoms with van der Waals surface area (Å²) in [4.78, 5) is 16.4. The van der Waals surface area contributed by atoms with Gasteiger partial charge in [-0.05, 0) is 98.4 Å². The zero-order valence-corrected chi connectivity index (χ0v) is 35.3. The van der Waals surface area contributed by atoms with E-state index in [0.29, 0.717) is 17.5 Å². The highest BCUT2D eigenvalue weighted by atomic mass is 32.1. The highest BCUT2D eigenvalue weighted by molar-refractivity contribution is 7.25. The fourth-order valence-corrected chi connectivity index (χ4v) is 10.7. The predicted octanol–water partition coefficient (Wildman–Crippen LogP) is 16.0. The van der Waals surface area contributed by atoms with Crippen molar-refractivity contribution in [2.75, 3.05) is 0 Å². The van der Waals surface area contributed by atoms with Crippen LogP contribution in [0.1, 0.15) is 0 Å². The Bertz CT molecular complexity index is 3920. The summed E-state index contributed by atoms with van der Waals surface area (Å²) in [5.74, 6) is 1.84. The summed E-state index contributed by atoms with van der Waals surface area (Å²) in [6, 6.07) is 78.1. The second-order valence-electron chi connectivity index (χ2n) is 16.4. The van der Waals surface area contributed by atoms with Crippen molar-refractivity contribution < 1.29 is 0 Å². The molecule has 298 valence electrons. The second-order valence-corrected chi connectivity index (χ2v) is 17.4. The van der Waals surface area contributed by atoms with Gasteiger partial charge in [0.05, 0.1) is 16.7 Å². The van der Waals surface area contributed by atoms with Gasteiger partial charge >= 0.3 is 0 Å². The van der Waals surface area contributed by atoms with E-state index in [0.717, 1.165) is 71.8 Å². The Labute approximate surface area is 373 Å². The molecule has 0 aliphatic carbocycles. The van der Waals surface area contributed by atoms with Crippen LogP contribution in [0, 0.1) is 0 Å². The molecule has 3 heterocycles. The van der Waals surface area contributed by atoms with Gasteiger partial charge in [-0.3, -0.25) is 0 Å². The van der Waals surface area contributed by atoms with E-state index in [1.54, 1.807) is 0 Å². The van der Waals surface area contributed by atoms with E-state index in [9.17, 15) is 0 Å². The molecule has 64 heavy (non-hydrogen) atoms. The SMILES string of the molecule is c1ccc(-c2ccc(-c3nc(-c4cccc(-c5ccc6sc7ccccc7c6c5)c4)nc(-c4cc5ccccc5c5ccccc45)n3)c(-n3c4ccccc4c4ccccc43)c2)cc1. The van der Waals surface area contributed by atoms with Gasteiger partial charge in [-0.1, -0.05) is 164 Å². The molecule has 0 saturated carbocycles. The average molecular weight is 833 g/mol. The van der Waals surface area contributed by atoms with Gasteiger partial charge in [0.25, 0.3) is 0 Å². The smallest absolute Gasteiger partial charge is 0.166 e. The summed E-state index contributed by atoms with van der Waals surface area (Å²) in [6.45, 7) is 0. The van der Waals surface area contributed by atoms with Crippen LogP contribution in [0.5, 0.6) is 0 Å². The highest BCUT2D eigenvalue weighted by Crippen LogP contribution is 2.41. The first-order chi connectivity index (χ1) is 31.7. The van der Waals surface area contributed by atoms with Gasteiger partial charge in [0.15, 0.2) is 17.5 Å². The minimum absolute atomic E-state index is 0.602. The van der Waals surface area contributed by atoms with Gasteiger partial charge in [0.1, 0.15) is 0 Å². The zero-order valence-electron chi connectivity index (χ0n) is 34.5. The number of hydrogen-bond acceptors (Lipinski definition) is 4. The summed E-state index contributed by atoms with van der Waals surface area (Å²) in [6.07, 6.45) is 0. The largest absolute Gasteiger partial charge is 0.308 e. The number of thiophene rings is 1. The second kappa shape index (κ2) is 14.7. The van der Waals surface area contributed by atoms with Crippen LogP contribution < -0.4 is 0 Å². The topological polar surface area (TPSA) is 43.6 Å². The first-order valence-electron chi connectivity index (χ1n) is 21.6. The predicted molar refractivity (Wildman–Crippen MR) is 269 cm³/mol. The number of aromatic nitrogens is 4. The van der Waals surface area contributed by atoms with Gasteiger partial charge in [-0.25, -0.2) is 15.0 Å². The molecule has 10 aromatic carbocycles. The first-order valence-corrected chi connectivity index (χ1v) is 22.4. The van der Waals surface area contributed by atoms with Gasteiger partial charge in [-0.2, -0.15) is 0 Å². The molecule has 0 aliphatic heterocycles. The van der Waals surface area contributed by atoms with Crippen LogP contribution in [0.25, 0.3) is 126 Å². The molecule has 0 N–H and O–H groups in total. The van der Waals surface area contributed by atoms with Crippen LogP contribution in [0.3, 0.4) is 0 Å². The molecule has 5 heteroatoms. The van der Waals surface area contributed by atoms with Gasteiger partial charge in [0.2, 0.25) is 0 Å². The first kappa shape index (κ1) is 36.4. The number of fused-ring (bicyclic) bond motifs is 9. The molecule has 0 atom stereocenters. The molecule has 0 spiro atoms. The van der Waals surface area contributed by atoms with Crippen molar-refractivity contribution in [3.8, 4) is 62.1 Å². The van der Waals surface area contributed by atoms with Crippen molar-refractivity contribution in [2.45, 2.75) is 0 Å². The summed E-state index contributed by atoms with van der Waals surface area (Å²) < 4.78 is 4.96. The molecule has 0 fully saturated rings. The van der Waals surface area contributed by atoms with E-state index in [1.165, 1.54) is 36.3 Å². The van der Waals surface area contributed by atoms with Crippen molar-refractivity contribution >= 4 is 74.9 Å². The van der Waals surface area contributed by atoms with Crippen molar-refractivity contribution in [1.29, 1.82) is 0 Å². The summed E-state index contributed by atoms with van der Waals surface area (Å²) in [5.41, 5.74) is 10.5. The number of benzene rings is 10. The minimum atomic E-state index is 0.602. The Hall–Kier alpha value is -8.25. The summed E-state index contributed by atoms with van der Waals surface area (Å²) in [7, 11) is 0. The molecule has 0 saturated heterocycles. The molecule has 13 aromatic rings. The zero-order chi connectivity index (χ0) is 42.1. The quantitative estimate of drug-likeness (QED) is 0.157. The molecule has 4 nitrogen and oxygen atoms in total. The lowest BCUT2D eigenvalue weighted by Gasteiger charge is -2.17. The molecular formula is C59H36N4S. The lowest BCUT2D eigenvalue weighted by Crippen LogP contribution is -2.04. The van der Waals surface area contributed by atoms with E-state index in [2.05, 4.69) is 223 Å². The fourth-order valence-electron chi connectivity index (χ4n) is 9.63. The number of para-hydroxylation sites is 2. The minimum Gasteiger partial charge on any atom is -0.308 e. The fraction of sp³-hybridized carbons (Fsp3) is 0. The third-order valence-corrected chi connectivity index (χ3v) is 13.8. The third kappa shape index (κ3) is 5.93. The van der Waals surface area contributed by atoms with E-state index >= 15 is 0 Å². The number of hydrogen-bond donors (Lipinski definition) is 0. The van der Waals surface area contributed by atoms with Gasteiger partial charge < -0.3 is 4.57 Å². The standard InChI is InChI=1S/C59H36N4S/c1-2-15-37(16-3-1)40-29-31-49(54(36-40)63-52-26-11-8-23-46(52)47-24-9-12-27-53(47)63)58-60-57(61-59(62-58)51-35-41-17-4-5-20-43(41)44-21-6-7-22-45(44)51)42-19-14-18-38(33-42)39-30-32-56-50(34-39)48-25-10-13-28-55(48)64-56/h1-36H. The van der Waals surface area contributed by atoms with Crippen molar-refractivity contribution in [2.24, 2.45) is 0 Å². The van der Waals surface area contributed by atoms with Crippen LogP contribution >= 0.6 is 11.3 Å². The third-order valence-electron chi connectivity index (χ3n) is 12.6. The molecule has 3 aromatic heterocycles. The molecule has 0 amide bonds. The molecular weight excluding hydrogens is 797 g/mol. The van der Waals surface area contributed by atoms with E-state index < -0.39 is 0 Å². The molecule has 0 bridgehead atoms. The van der Waals surface area contributed by atoms with E-state index in [1.807, 2.05) is 11.3 Å². The molecule has 0 unspecified atom stereocenters. The van der Waals surface area contributed by atoms with Crippen LogP contribution in [-0.4, -0.2) is 19.5 Å². The van der Waals surface area contributed by atoms with Crippen molar-refractivity contribution in [3.63, 3.8) is 0 Å². The normalized spacial score (nSPS) is 11.8. The van der Waals surface area contributed by atoms with E-state index in [4.69, 9.17) is 15.0 Å². The lowest BCUT2D eigenvalue weighted by atomic mass is 9.96. The summed E-state index contributed by atoms with van der Waals surface area (Å²) in [5, 5.41) is 9.53. The Balaban J connectivity index is 1.08. The summed E-state index contributed by atoms with van der Waals surface area (Å²) >= 11 is 1.84. The van der Waals surface area contributed by atoms with E-state index in [-0.39, 0.29) is 0 Å². The number of rotatable bonds is 6. The van der Waals surface area contributed by atoms with Gasteiger partial charge in [-0.15, -0.1) is 11.3 Å². The van der Waals surface area contributed by atoms with Gasteiger partial charge in [0, 0.05) is 47.6 Å².